The standard InChI is InChI=1S/C16H17ClO2/c17-12-8-13(10-18)19-16(9-12)15-7-3-5-11-4-1-2-6-14(11)15/h1-7,12-13,16,18H,8-10H2/t12-,13-,16+/m1/s1. The maximum atomic E-state index is 9.30. The molecule has 3 atom stereocenters. The zero-order chi connectivity index (χ0) is 13.2. The van der Waals surface area contributed by atoms with E-state index < -0.39 is 0 Å². The maximum Gasteiger partial charge on any atom is 0.0850 e. The molecule has 1 aliphatic heterocycles. The highest BCUT2D eigenvalue weighted by molar-refractivity contribution is 6.20. The van der Waals surface area contributed by atoms with Gasteiger partial charge in [-0.2, -0.15) is 0 Å². The molecule has 3 rings (SSSR count). The van der Waals surface area contributed by atoms with Crippen LogP contribution in [0.15, 0.2) is 42.5 Å². The number of rotatable bonds is 2. The van der Waals surface area contributed by atoms with Gasteiger partial charge in [0.15, 0.2) is 0 Å². The largest absolute Gasteiger partial charge is 0.394 e. The zero-order valence-corrected chi connectivity index (χ0v) is 11.4. The maximum absolute atomic E-state index is 9.30. The van der Waals surface area contributed by atoms with E-state index in [1.54, 1.807) is 0 Å². The van der Waals surface area contributed by atoms with Crippen LogP contribution in [0.1, 0.15) is 24.5 Å². The molecule has 1 heterocycles. The van der Waals surface area contributed by atoms with E-state index in [0.717, 1.165) is 12.8 Å². The Morgan fingerprint density at radius 2 is 1.89 bits per heavy atom. The summed E-state index contributed by atoms with van der Waals surface area (Å²) in [6, 6.07) is 14.5. The van der Waals surface area contributed by atoms with Crippen LogP contribution >= 0.6 is 11.6 Å². The van der Waals surface area contributed by atoms with E-state index in [4.69, 9.17) is 16.3 Å². The van der Waals surface area contributed by atoms with Gasteiger partial charge in [0.05, 0.1) is 18.8 Å². The van der Waals surface area contributed by atoms with Gasteiger partial charge in [-0.15, -0.1) is 11.6 Å². The molecule has 0 unspecified atom stereocenters. The number of halogens is 1. The Morgan fingerprint density at radius 3 is 2.74 bits per heavy atom. The van der Waals surface area contributed by atoms with Gasteiger partial charge in [0, 0.05) is 5.38 Å². The minimum absolute atomic E-state index is 0.0282. The van der Waals surface area contributed by atoms with Gasteiger partial charge in [-0.05, 0) is 29.2 Å². The summed E-state index contributed by atoms with van der Waals surface area (Å²) in [4.78, 5) is 0. The average Bonchev–Trinajstić information content (AvgIpc) is 2.46. The fraction of sp³-hybridized carbons (Fsp3) is 0.375. The molecular weight excluding hydrogens is 260 g/mol. The number of aliphatic hydroxyl groups is 1. The quantitative estimate of drug-likeness (QED) is 0.848. The summed E-state index contributed by atoms with van der Waals surface area (Å²) in [5.74, 6) is 0. The Labute approximate surface area is 118 Å². The fourth-order valence-corrected chi connectivity index (χ4v) is 3.17. The first-order valence-electron chi connectivity index (χ1n) is 6.66. The number of hydrogen-bond acceptors (Lipinski definition) is 2. The molecule has 0 amide bonds. The summed E-state index contributed by atoms with van der Waals surface area (Å²) >= 11 is 6.29. The molecule has 3 heteroatoms. The number of ether oxygens (including phenoxy) is 1. The van der Waals surface area contributed by atoms with E-state index in [0.29, 0.717) is 0 Å². The van der Waals surface area contributed by atoms with E-state index in [1.165, 1.54) is 16.3 Å². The summed E-state index contributed by atoms with van der Waals surface area (Å²) < 4.78 is 5.97. The lowest BCUT2D eigenvalue weighted by Crippen LogP contribution is -2.31. The third kappa shape index (κ3) is 2.62. The summed E-state index contributed by atoms with van der Waals surface area (Å²) in [6.45, 7) is 0.0322. The Kier molecular flexibility index (Phi) is 3.74. The van der Waals surface area contributed by atoms with Crippen LogP contribution in [-0.4, -0.2) is 23.2 Å². The van der Waals surface area contributed by atoms with E-state index in [2.05, 4.69) is 24.3 Å². The molecule has 2 aromatic rings. The lowest BCUT2D eigenvalue weighted by molar-refractivity contribution is -0.0714. The van der Waals surface area contributed by atoms with Crippen LogP contribution in [0.3, 0.4) is 0 Å². The van der Waals surface area contributed by atoms with Crippen molar-refractivity contribution in [3.8, 4) is 0 Å². The Balaban J connectivity index is 1.99. The molecule has 1 saturated heterocycles. The van der Waals surface area contributed by atoms with Crippen molar-refractivity contribution in [3.63, 3.8) is 0 Å². The smallest absolute Gasteiger partial charge is 0.0850 e. The molecule has 100 valence electrons. The topological polar surface area (TPSA) is 29.5 Å². The summed E-state index contributed by atoms with van der Waals surface area (Å²) in [5.41, 5.74) is 1.17. The van der Waals surface area contributed by atoms with Crippen LogP contribution in [0.5, 0.6) is 0 Å². The molecule has 2 nitrogen and oxygen atoms in total. The van der Waals surface area contributed by atoms with E-state index in [1.807, 2.05) is 18.2 Å². The van der Waals surface area contributed by atoms with Gasteiger partial charge in [0.25, 0.3) is 0 Å². The number of aliphatic hydroxyl groups excluding tert-OH is 1. The summed E-state index contributed by atoms with van der Waals surface area (Å²) in [7, 11) is 0. The second kappa shape index (κ2) is 5.49. The SMILES string of the molecule is OC[C@H]1C[C@@H](Cl)C[C@@H](c2cccc3ccccc23)O1. The molecule has 19 heavy (non-hydrogen) atoms. The average molecular weight is 277 g/mol. The zero-order valence-electron chi connectivity index (χ0n) is 10.6. The van der Waals surface area contributed by atoms with Crippen molar-refractivity contribution in [1.82, 2.24) is 0 Å². The molecule has 0 spiro atoms. The van der Waals surface area contributed by atoms with Crippen molar-refractivity contribution in [3.05, 3.63) is 48.0 Å². The molecule has 0 aromatic heterocycles. The second-order valence-electron chi connectivity index (χ2n) is 5.07. The third-order valence-corrected chi connectivity index (χ3v) is 4.08. The lowest BCUT2D eigenvalue weighted by Gasteiger charge is -2.32. The van der Waals surface area contributed by atoms with Crippen molar-refractivity contribution in [2.24, 2.45) is 0 Å². The van der Waals surface area contributed by atoms with Gasteiger partial charge >= 0.3 is 0 Å². The molecule has 2 aromatic carbocycles. The molecular formula is C16H17ClO2. The van der Waals surface area contributed by atoms with Gasteiger partial charge in [0.2, 0.25) is 0 Å². The predicted octanol–water partition coefficient (Wildman–Crippen LogP) is 3.66. The van der Waals surface area contributed by atoms with Crippen molar-refractivity contribution >= 4 is 22.4 Å². The van der Waals surface area contributed by atoms with Crippen LogP contribution in [0.4, 0.5) is 0 Å². The third-order valence-electron chi connectivity index (χ3n) is 3.72. The Bertz CT molecular complexity index is 564. The van der Waals surface area contributed by atoms with Gasteiger partial charge in [0.1, 0.15) is 0 Å². The Morgan fingerprint density at radius 1 is 1.11 bits per heavy atom. The van der Waals surface area contributed by atoms with E-state index >= 15 is 0 Å². The normalized spacial score (nSPS) is 27.6. The first kappa shape index (κ1) is 12.9. The van der Waals surface area contributed by atoms with Crippen molar-refractivity contribution < 1.29 is 9.84 Å². The highest BCUT2D eigenvalue weighted by Crippen LogP contribution is 2.36. The molecule has 1 fully saturated rings. The number of hydrogen-bond donors (Lipinski definition) is 1. The highest BCUT2D eigenvalue weighted by Gasteiger charge is 2.29. The second-order valence-corrected chi connectivity index (χ2v) is 5.68. The fourth-order valence-electron chi connectivity index (χ4n) is 2.81. The van der Waals surface area contributed by atoms with Crippen LogP contribution < -0.4 is 0 Å². The van der Waals surface area contributed by atoms with Crippen molar-refractivity contribution in [1.29, 1.82) is 0 Å². The van der Waals surface area contributed by atoms with Crippen LogP contribution in [0, 0.1) is 0 Å². The molecule has 1 N–H and O–H groups in total. The van der Waals surface area contributed by atoms with Gasteiger partial charge in [-0.3, -0.25) is 0 Å². The van der Waals surface area contributed by atoms with E-state index in [9.17, 15) is 5.11 Å². The lowest BCUT2D eigenvalue weighted by atomic mass is 9.94. The van der Waals surface area contributed by atoms with Gasteiger partial charge < -0.3 is 9.84 Å². The Hall–Kier alpha value is -1.09. The molecule has 0 bridgehead atoms. The minimum Gasteiger partial charge on any atom is -0.394 e. The molecule has 1 aliphatic rings. The van der Waals surface area contributed by atoms with Crippen LogP contribution in [-0.2, 0) is 4.74 Å². The number of benzene rings is 2. The highest BCUT2D eigenvalue weighted by atomic mass is 35.5. The molecule has 0 radical (unpaired) electrons. The van der Waals surface area contributed by atoms with Crippen LogP contribution in [0.2, 0.25) is 0 Å². The monoisotopic (exact) mass is 276 g/mol. The molecule has 0 aliphatic carbocycles. The number of fused-ring (bicyclic) bond motifs is 1. The summed E-state index contributed by atoms with van der Waals surface area (Å²) in [6.07, 6.45) is 1.34. The van der Waals surface area contributed by atoms with Crippen LogP contribution in [0.25, 0.3) is 10.8 Å². The predicted molar refractivity (Wildman–Crippen MR) is 77.5 cm³/mol. The van der Waals surface area contributed by atoms with Crippen molar-refractivity contribution in [2.75, 3.05) is 6.61 Å². The van der Waals surface area contributed by atoms with Crippen molar-refractivity contribution in [2.45, 2.75) is 30.4 Å². The first-order valence-corrected chi connectivity index (χ1v) is 7.09. The minimum atomic E-state index is -0.153. The first-order chi connectivity index (χ1) is 9.28. The van der Waals surface area contributed by atoms with Gasteiger partial charge in [-0.1, -0.05) is 42.5 Å². The molecule has 0 saturated carbocycles. The summed E-state index contributed by atoms with van der Waals surface area (Å²) in [5, 5.41) is 11.8. The number of alkyl halides is 1. The van der Waals surface area contributed by atoms with Gasteiger partial charge in [-0.25, -0.2) is 0 Å². The van der Waals surface area contributed by atoms with E-state index in [-0.39, 0.29) is 24.2 Å².